The molecule has 0 aliphatic carbocycles. The van der Waals surface area contributed by atoms with E-state index in [0.717, 1.165) is 32.8 Å². The molecule has 4 heteroatoms. The minimum atomic E-state index is 0.505. The van der Waals surface area contributed by atoms with E-state index in [1.807, 2.05) is 0 Å². The van der Waals surface area contributed by atoms with Gasteiger partial charge in [-0.05, 0) is 32.2 Å². The van der Waals surface area contributed by atoms with Crippen LogP contribution in [-0.4, -0.2) is 62.5 Å². The molecule has 0 aromatic rings. The molecule has 4 unspecified atom stereocenters. The molecule has 3 rings (SSSR count). The van der Waals surface area contributed by atoms with Gasteiger partial charge in [0, 0.05) is 38.2 Å². The highest BCUT2D eigenvalue weighted by Gasteiger charge is 2.36. The highest BCUT2D eigenvalue weighted by atomic mass is 16.5. The molecule has 0 radical (unpaired) electrons. The number of fused-ring (bicyclic) bond motifs is 2. The van der Waals surface area contributed by atoms with E-state index in [-0.39, 0.29) is 0 Å². The third-order valence-electron chi connectivity index (χ3n) is 4.74. The van der Waals surface area contributed by atoms with Crippen LogP contribution in [0.15, 0.2) is 0 Å². The number of hydrogen-bond donors (Lipinski definition) is 1. The lowest BCUT2D eigenvalue weighted by Gasteiger charge is -2.39. The van der Waals surface area contributed by atoms with Crippen LogP contribution in [-0.2, 0) is 9.47 Å². The summed E-state index contributed by atoms with van der Waals surface area (Å²) in [5.41, 5.74) is 0. The van der Waals surface area contributed by atoms with Gasteiger partial charge in [-0.15, -0.1) is 0 Å². The molecule has 4 nitrogen and oxygen atoms in total. The van der Waals surface area contributed by atoms with E-state index in [1.165, 1.54) is 32.2 Å². The number of rotatable bonds is 5. The second-order valence-electron chi connectivity index (χ2n) is 6.36. The Kier molecular flexibility index (Phi) is 4.74. The lowest BCUT2D eigenvalue weighted by molar-refractivity contribution is -0.0555. The summed E-state index contributed by atoms with van der Waals surface area (Å²) in [5.74, 6) is 0.651. The smallest absolute Gasteiger partial charge is 0.0707 e. The quantitative estimate of drug-likeness (QED) is 0.814. The number of likely N-dealkylation sites (tertiary alicyclic amines) is 1. The predicted molar refractivity (Wildman–Crippen MR) is 75.3 cm³/mol. The maximum atomic E-state index is 5.92. The molecule has 3 saturated heterocycles. The summed E-state index contributed by atoms with van der Waals surface area (Å²) >= 11 is 0. The molecule has 1 N–H and O–H groups in total. The summed E-state index contributed by atoms with van der Waals surface area (Å²) in [5, 5.41) is 3.71. The average Bonchev–Trinajstić information content (AvgIpc) is 2.77. The zero-order valence-electron chi connectivity index (χ0n) is 12.1. The van der Waals surface area contributed by atoms with Gasteiger partial charge >= 0.3 is 0 Å². The van der Waals surface area contributed by atoms with Crippen LogP contribution < -0.4 is 5.32 Å². The first-order valence-corrected chi connectivity index (χ1v) is 8.04. The van der Waals surface area contributed by atoms with Crippen molar-refractivity contribution in [2.24, 2.45) is 5.92 Å². The summed E-state index contributed by atoms with van der Waals surface area (Å²) in [4.78, 5) is 2.62. The standard InChI is InChI=1S/C15H28N2O2/c1-2-6-16-15-5-7-18-11-12(15)8-17-9-13-3-4-14(10-17)19-13/h12-16H,2-11H2,1H3. The summed E-state index contributed by atoms with van der Waals surface area (Å²) in [6, 6.07) is 0.647. The van der Waals surface area contributed by atoms with Crippen molar-refractivity contribution in [2.45, 2.75) is 50.9 Å². The molecule has 0 amide bonds. The van der Waals surface area contributed by atoms with Crippen molar-refractivity contribution in [1.82, 2.24) is 10.2 Å². The molecule has 0 aromatic heterocycles. The molecular weight excluding hydrogens is 240 g/mol. The van der Waals surface area contributed by atoms with Crippen LogP contribution in [0.3, 0.4) is 0 Å². The lowest BCUT2D eigenvalue weighted by atomic mass is 9.94. The maximum absolute atomic E-state index is 5.92. The molecule has 110 valence electrons. The lowest BCUT2D eigenvalue weighted by Crippen LogP contribution is -2.51. The molecule has 3 aliphatic rings. The summed E-state index contributed by atoms with van der Waals surface area (Å²) < 4.78 is 11.6. The largest absolute Gasteiger partial charge is 0.381 e. The second-order valence-corrected chi connectivity index (χ2v) is 6.36. The Hall–Kier alpha value is -0.160. The van der Waals surface area contributed by atoms with E-state index in [0.29, 0.717) is 24.2 Å². The SMILES string of the molecule is CCCNC1CCOCC1CN1CC2CCC(C1)O2. The van der Waals surface area contributed by atoms with Crippen molar-refractivity contribution >= 4 is 0 Å². The molecule has 0 aromatic carbocycles. The highest BCUT2D eigenvalue weighted by Crippen LogP contribution is 2.27. The van der Waals surface area contributed by atoms with Crippen molar-refractivity contribution < 1.29 is 9.47 Å². The summed E-state index contributed by atoms with van der Waals surface area (Å²) in [6.07, 6.45) is 5.92. The van der Waals surface area contributed by atoms with Crippen LogP contribution in [0.5, 0.6) is 0 Å². The zero-order valence-corrected chi connectivity index (χ0v) is 12.1. The Morgan fingerprint density at radius 2 is 1.95 bits per heavy atom. The minimum Gasteiger partial charge on any atom is -0.381 e. The van der Waals surface area contributed by atoms with E-state index in [1.54, 1.807) is 0 Å². The Balaban J connectivity index is 1.51. The minimum absolute atomic E-state index is 0.505. The van der Waals surface area contributed by atoms with Crippen molar-refractivity contribution in [1.29, 1.82) is 0 Å². The third kappa shape index (κ3) is 3.48. The van der Waals surface area contributed by atoms with Gasteiger partial charge in [0.1, 0.15) is 0 Å². The van der Waals surface area contributed by atoms with Crippen LogP contribution >= 0.6 is 0 Å². The molecule has 3 fully saturated rings. The molecule has 0 spiro atoms. The number of nitrogens with one attached hydrogen (secondary N) is 1. The first-order valence-electron chi connectivity index (χ1n) is 8.04. The van der Waals surface area contributed by atoms with E-state index < -0.39 is 0 Å². The van der Waals surface area contributed by atoms with E-state index in [9.17, 15) is 0 Å². The van der Waals surface area contributed by atoms with Crippen LogP contribution in [0.25, 0.3) is 0 Å². The fourth-order valence-corrected chi connectivity index (χ4v) is 3.76. The molecule has 19 heavy (non-hydrogen) atoms. The fraction of sp³-hybridized carbons (Fsp3) is 1.00. The van der Waals surface area contributed by atoms with Gasteiger partial charge in [0.05, 0.1) is 18.8 Å². The van der Waals surface area contributed by atoms with Crippen molar-refractivity contribution in [2.75, 3.05) is 39.4 Å². The molecule has 3 aliphatic heterocycles. The fourth-order valence-electron chi connectivity index (χ4n) is 3.76. The van der Waals surface area contributed by atoms with E-state index in [2.05, 4.69) is 17.1 Å². The van der Waals surface area contributed by atoms with E-state index >= 15 is 0 Å². The Labute approximate surface area is 116 Å². The van der Waals surface area contributed by atoms with Crippen LogP contribution in [0, 0.1) is 5.92 Å². The van der Waals surface area contributed by atoms with Gasteiger partial charge in [0.15, 0.2) is 0 Å². The van der Waals surface area contributed by atoms with E-state index in [4.69, 9.17) is 9.47 Å². The molecule has 4 atom stereocenters. The summed E-state index contributed by atoms with van der Waals surface area (Å²) in [6.45, 7) is 8.66. The predicted octanol–water partition coefficient (Wildman–Crippen LogP) is 1.25. The average molecular weight is 268 g/mol. The highest BCUT2D eigenvalue weighted by molar-refractivity contribution is 4.88. The second kappa shape index (κ2) is 6.53. The normalized spacial score (nSPS) is 39.6. The van der Waals surface area contributed by atoms with Gasteiger partial charge in [-0.25, -0.2) is 0 Å². The zero-order chi connectivity index (χ0) is 13.1. The van der Waals surface area contributed by atoms with Crippen molar-refractivity contribution in [3.05, 3.63) is 0 Å². The van der Waals surface area contributed by atoms with Crippen molar-refractivity contribution in [3.8, 4) is 0 Å². The molecule has 0 saturated carbocycles. The summed E-state index contributed by atoms with van der Waals surface area (Å²) in [7, 11) is 0. The van der Waals surface area contributed by atoms with Gasteiger partial charge in [0.2, 0.25) is 0 Å². The van der Waals surface area contributed by atoms with Crippen molar-refractivity contribution in [3.63, 3.8) is 0 Å². The van der Waals surface area contributed by atoms with Gasteiger partial charge in [-0.3, -0.25) is 4.90 Å². The molecule has 3 heterocycles. The number of ether oxygens (including phenoxy) is 2. The number of hydrogen-bond acceptors (Lipinski definition) is 4. The topological polar surface area (TPSA) is 33.7 Å². The maximum Gasteiger partial charge on any atom is 0.0707 e. The number of morpholine rings is 1. The third-order valence-corrected chi connectivity index (χ3v) is 4.74. The monoisotopic (exact) mass is 268 g/mol. The van der Waals surface area contributed by atoms with Gasteiger partial charge < -0.3 is 14.8 Å². The Morgan fingerprint density at radius 3 is 2.68 bits per heavy atom. The first-order chi connectivity index (χ1) is 9.35. The van der Waals surface area contributed by atoms with Crippen LogP contribution in [0.2, 0.25) is 0 Å². The Morgan fingerprint density at radius 1 is 1.16 bits per heavy atom. The van der Waals surface area contributed by atoms with Gasteiger partial charge in [-0.2, -0.15) is 0 Å². The Bertz CT molecular complexity index is 275. The first kappa shape index (κ1) is 13.8. The van der Waals surface area contributed by atoms with Crippen LogP contribution in [0.1, 0.15) is 32.6 Å². The van der Waals surface area contributed by atoms with Gasteiger partial charge in [0.25, 0.3) is 0 Å². The molecular formula is C15H28N2O2. The molecule has 2 bridgehead atoms. The van der Waals surface area contributed by atoms with Gasteiger partial charge in [-0.1, -0.05) is 6.92 Å². The number of nitrogens with zero attached hydrogens (tertiary/aromatic N) is 1. The van der Waals surface area contributed by atoms with Crippen LogP contribution in [0.4, 0.5) is 0 Å².